The van der Waals surface area contributed by atoms with E-state index in [1.807, 2.05) is 0 Å². The van der Waals surface area contributed by atoms with Crippen LogP contribution in [0.15, 0.2) is 24.4 Å². The molecule has 0 aliphatic carbocycles. The fourth-order valence-corrected chi connectivity index (χ4v) is 2.96. The third-order valence-electron chi connectivity index (χ3n) is 2.97. The minimum absolute atomic E-state index is 0.145. The largest absolute Gasteiger partial charge is 0.477 e. The summed E-state index contributed by atoms with van der Waals surface area (Å²) in [7, 11) is 0. The lowest BCUT2D eigenvalue weighted by Gasteiger charge is -2.00. The number of hydrogen-bond donors (Lipinski definition) is 1. The van der Waals surface area contributed by atoms with E-state index in [0.717, 1.165) is 23.5 Å². The highest BCUT2D eigenvalue weighted by Crippen LogP contribution is 2.29. The predicted octanol–water partition coefficient (Wildman–Crippen LogP) is 3.35. The number of fused-ring (bicyclic) bond motifs is 1. The number of carbonyl (C=O) groups is 1. The quantitative estimate of drug-likeness (QED) is 0.788. The van der Waals surface area contributed by atoms with Gasteiger partial charge in [0.1, 0.15) is 16.5 Å². The van der Waals surface area contributed by atoms with Gasteiger partial charge in [-0.15, -0.1) is 0 Å². The lowest BCUT2D eigenvalue weighted by molar-refractivity contribution is 0.0701. The molecular formula is C13H8F2N2O2S. The maximum Gasteiger partial charge on any atom is 0.347 e. The minimum Gasteiger partial charge on any atom is -0.477 e. The van der Waals surface area contributed by atoms with E-state index in [0.29, 0.717) is 10.7 Å². The highest BCUT2D eigenvalue weighted by Gasteiger charge is 2.19. The molecule has 0 saturated heterocycles. The molecule has 0 fully saturated rings. The maximum absolute atomic E-state index is 13.7. The molecule has 2 heterocycles. The zero-order chi connectivity index (χ0) is 14.4. The van der Waals surface area contributed by atoms with Crippen molar-refractivity contribution in [1.82, 2.24) is 9.38 Å². The summed E-state index contributed by atoms with van der Waals surface area (Å²) in [6, 6.07) is 3.59. The first-order chi connectivity index (χ1) is 9.49. The maximum atomic E-state index is 13.7. The van der Waals surface area contributed by atoms with E-state index in [1.165, 1.54) is 16.7 Å². The van der Waals surface area contributed by atoms with Crippen LogP contribution < -0.4 is 0 Å². The number of rotatable bonds is 2. The van der Waals surface area contributed by atoms with Gasteiger partial charge in [0.25, 0.3) is 0 Å². The van der Waals surface area contributed by atoms with Crippen LogP contribution in [0, 0.1) is 18.6 Å². The monoisotopic (exact) mass is 294 g/mol. The lowest BCUT2D eigenvalue weighted by Crippen LogP contribution is -1.96. The zero-order valence-corrected chi connectivity index (χ0v) is 11.0. The second-order valence-corrected chi connectivity index (χ2v) is 5.17. The van der Waals surface area contributed by atoms with Gasteiger partial charge in [0, 0.05) is 11.9 Å². The number of aromatic nitrogens is 2. The molecule has 0 spiro atoms. The molecule has 0 aliphatic heterocycles. The number of benzene rings is 1. The van der Waals surface area contributed by atoms with Crippen molar-refractivity contribution in [2.24, 2.45) is 0 Å². The Morgan fingerprint density at radius 1 is 1.35 bits per heavy atom. The molecule has 2 aromatic heterocycles. The Hall–Kier alpha value is -2.28. The highest BCUT2D eigenvalue weighted by molar-refractivity contribution is 7.19. The fourth-order valence-electron chi connectivity index (χ4n) is 2.01. The van der Waals surface area contributed by atoms with Crippen molar-refractivity contribution in [3.8, 4) is 11.3 Å². The number of aryl methyl sites for hydroxylation is 1. The summed E-state index contributed by atoms with van der Waals surface area (Å²) in [5, 5.41) is 9.01. The molecule has 0 bridgehead atoms. The summed E-state index contributed by atoms with van der Waals surface area (Å²) in [6.45, 7) is 1.62. The normalized spacial score (nSPS) is 11.2. The molecule has 20 heavy (non-hydrogen) atoms. The van der Waals surface area contributed by atoms with Gasteiger partial charge in [-0.1, -0.05) is 17.4 Å². The number of thiazole rings is 1. The molecule has 0 radical (unpaired) electrons. The number of imidazole rings is 1. The van der Waals surface area contributed by atoms with Crippen LogP contribution in [0.4, 0.5) is 8.78 Å². The van der Waals surface area contributed by atoms with E-state index in [1.54, 1.807) is 6.92 Å². The first-order valence-electron chi connectivity index (χ1n) is 5.65. The molecule has 7 heteroatoms. The van der Waals surface area contributed by atoms with Crippen molar-refractivity contribution in [2.45, 2.75) is 6.92 Å². The van der Waals surface area contributed by atoms with Gasteiger partial charge in [-0.05, 0) is 19.1 Å². The zero-order valence-electron chi connectivity index (χ0n) is 10.2. The van der Waals surface area contributed by atoms with Gasteiger partial charge in [-0.25, -0.2) is 18.6 Å². The van der Waals surface area contributed by atoms with Gasteiger partial charge in [0.05, 0.1) is 11.3 Å². The molecule has 1 N–H and O–H groups in total. The Kier molecular flexibility index (Phi) is 2.79. The van der Waals surface area contributed by atoms with Crippen molar-refractivity contribution in [3.63, 3.8) is 0 Å². The standard InChI is InChI=1S/C13H8F2N2O2S/c1-6-11(12(18)19)20-13-16-9(5-17(6)13)10-7(14)3-2-4-8(10)15/h2-5H,1H3,(H,18,19). The fraction of sp³-hybridized carbons (Fsp3) is 0.0769. The third kappa shape index (κ3) is 1.78. The molecular weight excluding hydrogens is 286 g/mol. The molecule has 3 aromatic rings. The average molecular weight is 294 g/mol. The van der Waals surface area contributed by atoms with Gasteiger partial charge in [0.15, 0.2) is 4.96 Å². The lowest BCUT2D eigenvalue weighted by atomic mass is 10.1. The summed E-state index contributed by atoms with van der Waals surface area (Å²) >= 11 is 0.967. The number of hydrogen-bond acceptors (Lipinski definition) is 3. The number of carboxylic acids is 1. The predicted molar refractivity (Wildman–Crippen MR) is 70.1 cm³/mol. The van der Waals surface area contributed by atoms with Crippen LogP contribution in [0.1, 0.15) is 15.4 Å². The van der Waals surface area contributed by atoms with E-state index >= 15 is 0 Å². The first kappa shape index (κ1) is 12.7. The topological polar surface area (TPSA) is 54.6 Å². The van der Waals surface area contributed by atoms with Crippen molar-refractivity contribution in [3.05, 3.63) is 46.6 Å². The molecule has 0 amide bonds. The van der Waals surface area contributed by atoms with Crippen molar-refractivity contribution < 1.29 is 18.7 Å². The van der Waals surface area contributed by atoms with Crippen LogP contribution in [0.2, 0.25) is 0 Å². The van der Waals surface area contributed by atoms with E-state index in [9.17, 15) is 13.6 Å². The van der Waals surface area contributed by atoms with Crippen LogP contribution in [0.3, 0.4) is 0 Å². The Labute approximate surface area is 115 Å². The van der Waals surface area contributed by atoms with Crippen molar-refractivity contribution in [1.29, 1.82) is 0 Å². The smallest absolute Gasteiger partial charge is 0.347 e. The van der Waals surface area contributed by atoms with Crippen molar-refractivity contribution in [2.75, 3.05) is 0 Å². The average Bonchev–Trinajstić information content (AvgIpc) is 2.89. The van der Waals surface area contributed by atoms with Crippen LogP contribution in [0.25, 0.3) is 16.2 Å². The summed E-state index contributed by atoms with van der Waals surface area (Å²) < 4.78 is 28.9. The molecule has 0 saturated carbocycles. The second kappa shape index (κ2) is 4.38. The van der Waals surface area contributed by atoms with Crippen LogP contribution in [-0.4, -0.2) is 20.5 Å². The number of nitrogens with zero attached hydrogens (tertiary/aromatic N) is 2. The molecule has 1 aromatic carbocycles. The van der Waals surface area contributed by atoms with E-state index in [2.05, 4.69) is 4.98 Å². The van der Waals surface area contributed by atoms with Crippen molar-refractivity contribution >= 4 is 22.3 Å². The molecule has 102 valence electrons. The summed E-state index contributed by atoms with van der Waals surface area (Å²) in [5.74, 6) is -2.45. The second-order valence-electron chi connectivity index (χ2n) is 4.20. The number of aromatic carboxylic acids is 1. The van der Waals surface area contributed by atoms with Gasteiger partial charge < -0.3 is 5.11 Å². The molecule has 0 aliphatic rings. The number of carboxylic acid groups (broad SMARTS) is 1. The molecule has 0 unspecified atom stereocenters. The molecule has 4 nitrogen and oxygen atoms in total. The van der Waals surface area contributed by atoms with Crippen LogP contribution >= 0.6 is 11.3 Å². The van der Waals surface area contributed by atoms with Gasteiger partial charge in [0.2, 0.25) is 0 Å². The molecule has 0 atom stereocenters. The summed E-state index contributed by atoms with van der Waals surface area (Å²) in [6.07, 6.45) is 1.44. The van der Waals surface area contributed by atoms with Crippen LogP contribution in [0.5, 0.6) is 0 Å². The van der Waals surface area contributed by atoms with Gasteiger partial charge in [-0.3, -0.25) is 4.40 Å². The van der Waals surface area contributed by atoms with E-state index in [-0.39, 0.29) is 16.1 Å². The van der Waals surface area contributed by atoms with Gasteiger partial charge >= 0.3 is 5.97 Å². The van der Waals surface area contributed by atoms with Gasteiger partial charge in [-0.2, -0.15) is 0 Å². The molecule has 3 rings (SSSR count). The first-order valence-corrected chi connectivity index (χ1v) is 6.47. The third-order valence-corrected chi connectivity index (χ3v) is 4.11. The number of halogens is 2. The SMILES string of the molecule is Cc1c(C(=O)O)sc2nc(-c3c(F)cccc3F)cn12. The Morgan fingerprint density at radius 3 is 2.55 bits per heavy atom. The highest BCUT2D eigenvalue weighted by atomic mass is 32.1. The summed E-state index contributed by atoms with van der Waals surface area (Å²) in [5.41, 5.74) is 0.416. The Balaban J connectivity index is 2.22. The summed E-state index contributed by atoms with van der Waals surface area (Å²) in [4.78, 5) is 15.7. The van der Waals surface area contributed by atoms with Crippen LogP contribution in [-0.2, 0) is 0 Å². The van der Waals surface area contributed by atoms with E-state index < -0.39 is 17.6 Å². The Bertz CT molecular complexity index is 818. The Morgan fingerprint density at radius 2 is 2.00 bits per heavy atom. The van der Waals surface area contributed by atoms with E-state index in [4.69, 9.17) is 5.11 Å². The minimum atomic E-state index is -1.04.